The highest BCUT2D eigenvalue weighted by molar-refractivity contribution is 5.36. The number of rotatable bonds is 2. The highest BCUT2D eigenvalue weighted by Crippen LogP contribution is 2.17. The number of nitrogens with one attached hydrogen (secondary N) is 1. The summed E-state index contributed by atoms with van der Waals surface area (Å²) in [6.45, 7) is 5.66. The van der Waals surface area contributed by atoms with Crippen molar-refractivity contribution < 1.29 is 4.79 Å². The zero-order valence-electron chi connectivity index (χ0n) is 6.47. The van der Waals surface area contributed by atoms with Crippen LogP contribution in [0.15, 0.2) is 17.3 Å². The standard InChI is InChI=1S/C8H12N2O/c1-7(10-6-11)8-3-2-4-9-5-8/h8-9H,1-5H2. The second kappa shape index (κ2) is 4.06. The van der Waals surface area contributed by atoms with Gasteiger partial charge in [-0.3, -0.25) is 0 Å². The second-order valence-electron chi connectivity index (χ2n) is 2.74. The van der Waals surface area contributed by atoms with Crippen molar-refractivity contribution in [3.63, 3.8) is 0 Å². The van der Waals surface area contributed by atoms with Crippen LogP contribution in [0.5, 0.6) is 0 Å². The molecule has 1 unspecified atom stereocenters. The van der Waals surface area contributed by atoms with Gasteiger partial charge < -0.3 is 5.32 Å². The smallest absolute Gasteiger partial charge is 0.240 e. The molecule has 0 spiro atoms. The van der Waals surface area contributed by atoms with Crippen LogP contribution in [-0.4, -0.2) is 19.2 Å². The third kappa shape index (κ3) is 2.30. The molecule has 1 heterocycles. The largest absolute Gasteiger partial charge is 0.316 e. The van der Waals surface area contributed by atoms with Crippen molar-refractivity contribution in [2.75, 3.05) is 13.1 Å². The topological polar surface area (TPSA) is 41.5 Å². The van der Waals surface area contributed by atoms with Crippen LogP contribution in [0.1, 0.15) is 12.8 Å². The maximum atomic E-state index is 9.89. The van der Waals surface area contributed by atoms with Gasteiger partial charge in [0.2, 0.25) is 6.08 Å². The Bertz CT molecular complexity index is 188. The molecule has 1 fully saturated rings. The number of nitrogens with zero attached hydrogens (tertiary/aromatic N) is 1. The van der Waals surface area contributed by atoms with E-state index in [1.807, 2.05) is 0 Å². The highest BCUT2D eigenvalue weighted by atomic mass is 16.1. The van der Waals surface area contributed by atoms with Crippen molar-refractivity contribution in [3.05, 3.63) is 12.3 Å². The van der Waals surface area contributed by atoms with Crippen molar-refractivity contribution in [1.29, 1.82) is 0 Å². The van der Waals surface area contributed by atoms with Crippen LogP contribution in [-0.2, 0) is 4.79 Å². The molecule has 3 heteroatoms. The maximum Gasteiger partial charge on any atom is 0.240 e. The Labute approximate surface area is 66.2 Å². The maximum absolute atomic E-state index is 9.89. The molecule has 1 aliphatic rings. The van der Waals surface area contributed by atoms with Crippen LogP contribution in [0.3, 0.4) is 0 Å². The summed E-state index contributed by atoms with van der Waals surface area (Å²) in [7, 11) is 0. The summed E-state index contributed by atoms with van der Waals surface area (Å²) in [6.07, 6.45) is 3.73. The lowest BCUT2D eigenvalue weighted by molar-refractivity contribution is 0.420. The van der Waals surface area contributed by atoms with Crippen molar-refractivity contribution in [2.45, 2.75) is 12.8 Å². The molecule has 0 aromatic carbocycles. The average molecular weight is 152 g/mol. The van der Waals surface area contributed by atoms with Crippen molar-refractivity contribution in [2.24, 2.45) is 10.9 Å². The predicted octanol–water partition coefficient (Wildman–Crippen LogP) is 0.835. The van der Waals surface area contributed by atoms with Gasteiger partial charge in [0.15, 0.2) is 0 Å². The first-order valence-electron chi connectivity index (χ1n) is 3.82. The molecular formula is C8H12N2O. The lowest BCUT2D eigenvalue weighted by Gasteiger charge is -2.21. The van der Waals surface area contributed by atoms with Crippen LogP contribution in [0.2, 0.25) is 0 Å². The monoisotopic (exact) mass is 152 g/mol. The SMILES string of the molecule is C=C(N=C=O)C1CCCNC1. The van der Waals surface area contributed by atoms with E-state index in [0.29, 0.717) is 11.6 Å². The molecule has 1 atom stereocenters. The molecule has 60 valence electrons. The Balaban J connectivity index is 2.44. The number of aliphatic imine (C=N–C) groups is 1. The number of hydrogen-bond acceptors (Lipinski definition) is 3. The normalized spacial score (nSPS) is 23.8. The first kappa shape index (κ1) is 8.18. The molecule has 1 rings (SSSR count). The van der Waals surface area contributed by atoms with E-state index in [-0.39, 0.29) is 0 Å². The van der Waals surface area contributed by atoms with E-state index in [1.165, 1.54) is 6.08 Å². The van der Waals surface area contributed by atoms with E-state index in [1.54, 1.807) is 0 Å². The Kier molecular flexibility index (Phi) is 3.02. The Morgan fingerprint density at radius 3 is 3.09 bits per heavy atom. The van der Waals surface area contributed by atoms with Crippen LogP contribution in [0.25, 0.3) is 0 Å². The van der Waals surface area contributed by atoms with Crippen LogP contribution in [0, 0.1) is 5.92 Å². The quantitative estimate of drug-likeness (QED) is 0.470. The molecule has 1 saturated heterocycles. The molecule has 3 nitrogen and oxygen atoms in total. The minimum atomic E-state index is 0.338. The zero-order valence-corrected chi connectivity index (χ0v) is 6.47. The summed E-state index contributed by atoms with van der Waals surface area (Å²) in [5, 5.41) is 3.22. The minimum absolute atomic E-state index is 0.338. The van der Waals surface area contributed by atoms with Gasteiger partial charge in [0.1, 0.15) is 0 Å². The van der Waals surface area contributed by atoms with Crippen molar-refractivity contribution >= 4 is 6.08 Å². The number of carbonyl (C=O) groups excluding carboxylic acids is 1. The van der Waals surface area contributed by atoms with E-state index in [9.17, 15) is 4.79 Å². The molecule has 1 aliphatic heterocycles. The lowest BCUT2D eigenvalue weighted by atomic mass is 9.97. The summed E-state index contributed by atoms with van der Waals surface area (Å²) in [6, 6.07) is 0. The van der Waals surface area contributed by atoms with Crippen molar-refractivity contribution in [3.8, 4) is 0 Å². The van der Waals surface area contributed by atoms with E-state index in [2.05, 4.69) is 16.9 Å². The summed E-state index contributed by atoms with van der Waals surface area (Å²) in [4.78, 5) is 13.4. The molecule has 0 bridgehead atoms. The Morgan fingerprint density at radius 1 is 1.73 bits per heavy atom. The summed E-state index contributed by atoms with van der Waals surface area (Å²) in [5.74, 6) is 0.338. The molecule has 1 N–H and O–H groups in total. The van der Waals surface area contributed by atoms with E-state index >= 15 is 0 Å². The van der Waals surface area contributed by atoms with Gasteiger partial charge >= 0.3 is 0 Å². The molecule has 0 aromatic heterocycles. The second-order valence-corrected chi connectivity index (χ2v) is 2.74. The molecule has 0 saturated carbocycles. The predicted molar refractivity (Wildman–Crippen MR) is 42.9 cm³/mol. The zero-order chi connectivity index (χ0) is 8.10. The van der Waals surface area contributed by atoms with Crippen LogP contribution < -0.4 is 5.32 Å². The molecule has 0 aliphatic carbocycles. The van der Waals surface area contributed by atoms with E-state index in [0.717, 1.165) is 25.9 Å². The highest BCUT2D eigenvalue weighted by Gasteiger charge is 2.15. The minimum Gasteiger partial charge on any atom is -0.316 e. The van der Waals surface area contributed by atoms with Gasteiger partial charge in [-0.1, -0.05) is 6.58 Å². The molecule has 0 radical (unpaired) electrons. The van der Waals surface area contributed by atoms with Crippen LogP contribution >= 0.6 is 0 Å². The molecule has 0 aromatic rings. The first-order valence-corrected chi connectivity index (χ1v) is 3.82. The van der Waals surface area contributed by atoms with Gasteiger partial charge in [-0.25, -0.2) is 4.79 Å². The lowest BCUT2D eigenvalue weighted by Crippen LogP contribution is -2.30. The fourth-order valence-electron chi connectivity index (χ4n) is 1.29. The molecule has 0 amide bonds. The fourth-order valence-corrected chi connectivity index (χ4v) is 1.29. The van der Waals surface area contributed by atoms with Gasteiger partial charge in [0, 0.05) is 12.5 Å². The van der Waals surface area contributed by atoms with Crippen molar-refractivity contribution in [1.82, 2.24) is 5.32 Å². The molecular weight excluding hydrogens is 140 g/mol. The van der Waals surface area contributed by atoms with Gasteiger partial charge in [0.05, 0.1) is 5.70 Å². The fraction of sp³-hybridized carbons (Fsp3) is 0.625. The summed E-state index contributed by atoms with van der Waals surface area (Å²) in [5.41, 5.74) is 0.659. The average Bonchev–Trinajstić information content (AvgIpc) is 2.07. The summed E-state index contributed by atoms with van der Waals surface area (Å²) >= 11 is 0. The first-order chi connectivity index (χ1) is 5.34. The van der Waals surface area contributed by atoms with Gasteiger partial charge in [-0.15, -0.1) is 0 Å². The number of hydrogen-bond donors (Lipinski definition) is 1. The number of piperidine rings is 1. The Hall–Kier alpha value is -0.920. The third-order valence-corrected chi connectivity index (χ3v) is 1.96. The van der Waals surface area contributed by atoms with E-state index < -0.39 is 0 Å². The third-order valence-electron chi connectivity index (χ3n) is 1.96. The van der Waals surface area contributed by atoms with Crippen LogP contribution in [0.4, 0.5) is 0 Å². The number of isocyanates is 1. The molecule has 11 heavy (non-hydrogen) atoms. The van der Waals surface area contributed by atoms with Gasteiger partial charge in [-0.05, 0) is 19.4 Å². The summed E-state index contributed by atoms with van der Waals surface area (Å²) < 4.78 is 0. The van der Waals surface area contributed by atoms with Gasteiger partial charge in [0.25, 0.3) is 0 Å². The van der Waals surface area contributed by atoms with E-state index in [4.69, 9.17) is 0 Å². The van der Waals surface area contributed by atoms with Gasteiger partial charge in [-0.2, -0.15) is 4.99 Å². The Morgan fingerprint density at radius 2 is 2.55 bits per heavy atom.